The van der Waals surface area contributed by atoms with E-state index in [2.05, 4.69) is 5.32 Å². The summed E-state index contributed by atoms with van der Waals surface area (Å²) in [6.07, 6.45) is 0. The fraction of sp³-hybridized carbons (Fsp3) is 0.143. The van der Waals surface area contributed by atoms with Crippen LogP contribution in [0.2, 0.25) is 0 Å². The number of phenols is 3. The van der Waals surface area contributed by atoms with Gasteiger partial charge in [-0.3, -0.25) is 10.1 Å². The predicted octanol–water partition coefficient (Wildman–Crippen LogP) is 2.00. The lowest BCUT2D eigenvalue weighted by Gasteiger charge is -2.09. The van der Waals surface area contributed by atoms with Gasteiger partial charge < -0.3 is 20.6 Å². The van der Waals surface area contributed by atoms with E-state index in [1.807, 2.05) is 0 Å². The van der Waals surface area contributed by atoms with Gasteiger partial charge in [0.2, 0.25) is 5.75 Å². The molecular weight excluding hydrogens is 276 g/mol. The van der Waals surface area contributed by atoms with Crippen molar-refractivity contribution in [3.05, 3.63) is 57.6 Å². The highest BCUT2D eigenvalue weighted by molar-refractivity contribution is 5.53. The number of nitro benzene ring substituents is 1. The molecule has 21 heavy (non-hydrogen) atoms. The largest absolute Gasteiger partial charge is 0.504 e. The Morgan fingerprint density at radius 2 is 1.81 bits per heavy atom. The van der Waals surface area contributed by atoms with Crippen molar-refractivity contribution in [1.82, 2.24) is 5.32 Å². The van der Waals surface area contributed by atoms with Crippen LogP contribution < -0.4 is 5.32 Å². The maximum atomic E-state index is 10.7. The third kappa shape index (κ3) is 3.40. The lowest BCUT2D eigenvalue weighted by molar-refractivity contribution is -0.384. The highest BCUT2D eigenvalue weighted by Gasteiger charge is 2.11. The van der Waals surface area contributed by atoms with Gasteiger partial charge in [-0.2, -0.15) is 0 Å². The topological polar surface area (TPSA) is 116 Å². The molecule has 2 aromatic carbocycles. The molecule has 0 heterocycles. The molecule has 0 radical (unpaired) electrons. The number of phenolic OH excluding ortho intramolecular Hbond substituents is 3. The van der Waals surface area contributed by atoms with E-state index < -0.39 is 16.4 Å². The number of nitrogens with zero attached hydrogens (tertiary/aromatic N) is 1. The normalized spacial score (nSPS) is 10.5. The molecule has 0 aliphatic rings. The van der Waals surface area contributed by atoms with Crippen LogP contribution in [0.15, 0.2) is 36.4 Å². The third-order valence-corrected chi connectivity index (χ3v) is 2.98. The molecule has 0 atom stereocenters. The highest BCUT2D eigenvalue weighted by Crippen LogP contribution is 2.36. The zero-order valence-corrected chi connectivity index (χ0v) is 11.0. The Morgan fingerprint density at radius 1 is 1.05 bits per heavy atom. The molecule has 0 saturated heterocycles. The molecule has 4 N–H and O–H groups in total. The molecule has 2 rings (SSSR count). The van der Waals surface area contributed by atoms with Gasteiger partial charge in [0.1, 0.15) is 0 Å². The zero-order chi connectivity index (χ0) is 15.4. The van der Waals surface area contributed by atoms with Gasteiger partial charge in [0.15, 0.2) is 11.5 Å². The Balaban J connectivity index is 2.00. The number of benzene rings is 2. The molecule has 0 bridgehead atoms. The minimum atomic E-state index is -0.565. The molecule has 7 heteroatoms. The van der Waals surface area contributed by atoms with Crippen LogP contribution in [0.5, 0.6) is 17.2 Å². The first-order valence-electron chi connectivity index (χ1n) is 6.16. The van der Waals surface area contributed by atoms with E-state index >= 15 is 0 Å². The van der Waals surface area contributed by atoms with Gasteiger partial charge in [0.05, 0.1) is 4.92 Å². The van der Waals surface area contributed by atoms with Crippen molar-refractivity contribution in [1.29, 1.82) is 0 Å². The maximum Gasteiger partial charge on any atom is 0.269 e. The summed E-state index contributed by atoms with van der Waals surface area (Å²) in [4.78, 5) is 10.2. The summed E-state index contributed by atoms with van der Waals surface area (Å²) in [6.45, 7) is 0.602. The third-order valence-electron chi connectivity index (χ3n) is 2.98. The van der Waals surface area contributed by atoms with Crippen LogP contribution in [-0.2, 0) is 13.1 Å². The van der Waals surface area contributed by atoms with Crippen molar-refractivity contribution >= 4 is 5.69 Å². The first-order valence-corrected chi connectivity index (χ1v) is 6.16. The van der Waals surface area contributed by atoms with Gasteiger partial charge in [-0.15, -0.1) is 0 Å². The Hall–Kier alpha value is -2.80. The number of nitro groups is 1. The second-order valence-corrected chi connectivity index (χ2v) is 4.47. The standard InChI is InChI=1S/C14H14N2O5/c17-12-5-4-10(13(18)14(12)19)8-15-7-9-2-1-3-11(6-9)16(20)21/h1-6,15,17-19H,7-8H2. The van der Waals surface area contributed by atoms with Crippen molar-refractivity contribution in [3.8, 4) is 17.2 Å². The minimum absolute atomic E-state index is 0.0134. The maximum absolute atomic E-state index is 10.7. The van der Waals surface area contributed by atoms with Gasteiger partial charge in [-0.1, -0.05) is 18.2 Å². The second kappa shape index (κ2) is 6.10. The molecule has 7 nitrogen and oxygen atoms in total. The van der Waals surface area contributed by atoms with E-state index in [-0.39, 0.29) is 18.0 Å². The molecule has 0 saturated carbocycles. The van der Waals surface area contributed by atoms with Crippen LogP contribution in [0.3, 0.4) is 0 Å². The monoisotopic (exact) mass is 290 g/mol. The van der Waals surface area contributed by atoms with Gasteiger partial charge in [-0.25, -0.2) is 0 Å². The van der Waals surface area contributed by atoms with Crippen LogP contribution in [0.4, 0.5) is 5.69 Å². The smallest absolute Gasteiger partial charge is 0.269 e. The summed E-state index contributed by atoms with van der Waals surface area (Å²) in [7, 11) is 0. The molecule has 2 aromatic rings. The number of aromatic hydroxyl groups is 3. The number of nitrogens with one attached hydrogen (secondary N) is 1. The van der Waals surface area contributed by atoms with E-state index in [0.29, 0.717) is 12.1 Å². The molecule has 0 unspecified atom stereocenters. The number of non-ortho nitro benzene ring substituents is 1. The lowest BCUT2D eigenvalue weighted by Crippen LogP contribution is -2.12. The fourth-order valence-electron chi connectivity index (χ4n) is 1.87. The van der Waals surface area contributed by atoms with Crippen LogP contribution in [-0.4, -0.2) is 20.2 Å². The lowest BCUT2D eigenvalue weighted by atomic mass is 10.1. The van der Waals surface area contributed by atoms with E-state index in [9.17, 15) is 25.4 Å². The van der Waals surface area contributed by atoms with Crippen molar-refractivity contribution in [2.45, 2.75) is 13.1 Å². The number of hydrogen-bond acceptors (Lipinski definition) is 6. The molecular formula is C14H14N2O5. The summed E-state index contributed by atoms with van der Waals surface area (Å²) in [6, 6.07) is 8.96. The van der Waals surface area contributed by atoms with Crippen molar-refractivity contribution in [2.75, 3.05) is 0 Å². The van der Waals surface area contributed by atoms with E-state index in [4.69, 9.17) is 0 Å². The van der Waals surface area contributed by atoms with Crippen LogP contribution in [0.1, 0.15) is 11.1 Å². The molecule has 0 aliphatic heterocycles. The average Bonchev–Trinajstić information content (AvgIpc) is 2.47. The van der Waals surface area contributed by atoms with Crippen molar-refractivity contribution in [2.24, 2.45) is 0 Å². The number of hydrogen-bond donors (Lipinski definition) is 4. The first kappa shape index (κ1) is 14.6. The predicted molar refractivity (Wildman–Crippen MR) is 75.1 cm³/mol. The minimum Gasteiger partial charge on any atom is -0.504 e. The van der Waals surface area contributed by atoms with E-state index in [1.54, 1.807) is 12.1 Å². The SMILES string of the molecule is O=[N+]([O-])c1cccc(CNCc2ccc(O)c(O)c2O)c1. The average molecular weight is 290 g/mol. The summed E-state index contributed by atoms with van der Waals surface area (Å²) in [5.74, 6) is -1.35. The Morgan fingerprint density at radius 3 is 2.52 bits per heavy atom. The van der Waals surface area contributed by atoms with Gasteiger partial charge in [-0.05, 0) is 11.6 Å². The second-order valence-electron chi connectivity index (χ2n) is 4.47. The molecule has 0 aromatic heterocycles. The van der Waals surface area contributed by atoms with Gasteiger partial charge in [0.25, 0.3) is 5.69 Å². The van der Waals surface area contributed by atoms with Crippen molar-refractivity contribution < 1.29 is 20.2 Å². The van der Waals surface area contributed by atoms with E-state index in [0.717, 1.165) is 5.56 Å². The highest BCUT2D eigenvalue weighted by atomic mass is 16.6. The zero-order valence-electron chi connectivity index (χ0n) is 11.0. The molecule has 0 fully saturated rings. The Kier molecular flexibility index (Phi) is 4.24. The van der Waals surface area contributed by atoms with Gasteiger partial charge in [0, 0.05) is 30.8 Å². The molecule has 0 amide bonds. The summed E-state index contributed by atoms with van der Waals surface area (Å²) in [5, 5.41) is 41.9. The van der Waals surface area contributed by atoms with Gasteiger partial charge >= 0.3 is 0 Å². The van der Waals surface area contributed by atoms with Crippen LogP contribution in [0.25, 0.3) is 0 Å². The summed E-state index contributed by atoms with van der Waals surface area (Å²) in [5.41, 5.74) is 1.15. The van der Waals surface area contributed by atoms with Crippen molar-refractivity contribution in [3.63, 3.8) is 0 Å². The van der Waals surface area contributed by atoms with Crippen LogP contribution in [0, 0.1) is 10.1 Å². The quantitative estimate of drug-likeness (QED) is 0.380. The number of rotatable bonds is 5. The fourth-order valence-corrected chi connectivity index (χ4v) is 1.87. The van der Waals surface area contributed by atoms with E-state index in [1.165, 1.54) is 24.3 Å². The first-order chi connectivity index (χ1) is 9.99. The summed E-state index contributed by atoms with van der Waals surface area (Å²) >= 11 is 0. The summed E-state index contributed by atoms with van der Waals surface area (Å²) < 4.78 is 0. The molecule has 0 aliphatic carbocycles. The van der Waals surface area contributed by atoms with Crippen LogP contribution >= 0.6 is 0 Å². The molecule has 0 spiro atoms. The Bertz CT molecular complexity index is 672. The Labute approximate surface area is 120 Å². The molecule has 110 valence electrons.